The number of carbonyl (C=O) groups excluding carboxylic acids is 2. The first-order valence-corrected chi connectivity index (χ1v) is 13.6. The molecule has 4 aliphatic rings. The second-order valence-electron chi connectivity index (χ2n) is 11.1. The smallest absolute Gasteiger partial charge is 0.330 e. The van der Waals surface area contributed by atoms with Crippen LogP contribution in [0, 0.1) is 11.2 Å². The first-order valence-electron chi connectivity index (χ1n) is 13.2. The Morgan fingerprint density at radius 3 is 2.50 bits per heavy atom. The van der Waals surface area contributed by atoms with E-state index >= 15 is 0 Å². The number of carbonyl (C=O) groups is 2. The van der Waals surface area contributed by atoms with Crippen LogP contribution < -0.4 is 5.32 Å². The maximum atomic E-state index is 14.5. The largest absolute Gasteiger partial charge is 0.494 e. The third-order valence-corrected chi connectivity index (χ3v) is 8.33. The number of nitrogens with one attached hydrogen (secondary N) is 1. The molecule has 0 saturated carbocycles. The van der Waals surface area contributed by atoms with Gasteiger partial charge in [-0.05, 0) is 69.2 Å². The first kappa shape index (κ1) is 26.5. The van der Waals surface area contributed by atoms with E-state index in [-0.39, 0.29) is 18.6 Å². The number of benzene rings is 2. The Morgan fingerprint density at radius 1 is 1.12 bits per heavy atom. The quantitative estimate of drug-likeness (QED) is 0.521. The molecular formula is C30H30ClFN4O4. The van der Waals surface area contributed by atoms with Crippen molar-refractivity contribution in [1.82, 2.24) is 15.1 Å². The molecule has 1 saturated heterocycles. The number of amidine groups is 1. The molecule has 1 aliphatic carbocycles. The SMILES string of the molecule is COC1(C)C=C(OC(C)C)C2(C)C3=N[C@@H](c4cccc(F)c4)[C@@H](c4ccc(Cl)cc4)N3C(=O)N3CC(=O)NC1=C32. The van der Waals surface area contributed by atoms with E-state index < -0.39 is 34.9 Å². The minimum atomic E-state index is -1.06. The van der Waals surface area contributed by atoms with E-state index in [1.165, 1.54) is 17.0 Å². The van der Waals surface area contributed by atoms with Gasteiger partial charge in [0.05, 0.1) is 23.5 Å². The molecule has 2 aromatic rings. The van der Waals surface area contributed by atoms with Gasteiger partial charge in [0.25, 0.3) is 0 Å². The van der Waals surface area contributed by atoms with E-state index in [1.807, 2.05) is 45.9 Å². The predicted octanol–water partition coefficient (Wildman–Crippen LogP) is 5.49. The Morgan fingerprint density at radius 2 is 1.85 bits per heavy atom. The summed E-state index contributed by atoms with van der Waals surface area (Å²) < 4.78 is 26.8. The van der Waals surface area contributed by atoms with Gasteiger partial charge in [0, 0.05) is 12.1 Å². The lowest BCUT2D eigenvalue weighted by Crippen LogP contribution is -2.66. The molecule has 3 aliphatic heterocycles. The second-order valence-corrected chi connectivity index (χ2v) is 11.5. The van der Waals surface area contributed by atoms with Crippen molar-refractivity contribution in [2.75, 3.05) is 13.7 Å². The van der Waals surface area contributed by atoms with Crippen molar-refractivity contribution < 1.29 is 23.5 Å². The van der Waals surface area contributed by atoms with Crippen LogP contribution in [-0.2, 0) is 14.3 Å². The standard InChI is InChI=1S/C30H30ClFN4O4/c1-16(2)40-21-14-29(3,39-5)25-26-30(21,4)27-34-23(18-7-6-8-20(32)13-18)24(17-9-11-19(31)12-10-17)36(27)28(38)35(26)15-22(37)33-25/h6-14,16,23-24H,15H2,1-5H3,(H,33,37)/t23-,24+,29?,30?/m0/s1. The van der Waals surface area contributed by atoms with Crippen molar-refractivity contribution in [2.24, 2.45) is 10.4 Å². The van der Waals surface area contributed by atoms with E-state index in [0.717, 1.165) is 5.56 Å². The highest BCUT2D eigenvalue weighted by Crippen LogP contribution is 2.57. The molecule has 0 bridgehead atoms. The zero-order valence-corrected chi connectivity index (χ0v) is 23.6. The van der Waals surface area contributed by atoms with Crippen LogP contribution in [-0.4, -0.2) is 52.9 Å². The van der Waals surface area contributed by atoms with Crippen LogP contribution in [0.25, 0.3) is 0 Å². The highest BCUT2D eigenvalue weighted by molar-refractivity contribution is 6.30. The fourth-order valence-electron chi connectivity index (χ4n) is 6.19. The summed E-state index contributed by atoms with van der Waals surface area (Å²) in [5.41, 5.74) is 0.296. The van der Waals surface area contributed by atoms with Gasteiger partial charge in [-0.15, -0.1) is 0 Å². The maximum absolute atomic E-state index is 14.5. The molecule has 4 atom stereocenters. The Labute approximate surface area is 237 Å². The normalized spacial score (nSPS) is 29.2. The highest BCUT2D eigenvalue weighted by atomic mass is 35.5. The molecule has 3 heterocycles. The van der Waals surface area contributed by atoms with Crippen LogP contribution in [0.1, 0.15) is 50.9 Å². The van der Waals surface area contributed by atoms with Gasteiger partial charge in [0.15, 0.2) is 0 Å². The molecule has 2 aromatic carbocycles. The van der Waals surface area contributed by atoms with E-state index in [4.69, 9.17) is 26.1 Å². The molecular weight excluding hydrogens is 535 g/mol. The van der Waals surface area contributed by atoms with E-state index in [1.54, 1.807) is 36.3 Å². The molecule has 2 unspecified atom stereocenters. The van der Waals surface area contributed by atoms with Gasteiger partial charge in [-0.1, -0.05) is 35.9 Å². The molecule has 0 aromatic heterocycles. The van der Waals surface area contributed by atoms with Crippen molar-refractivity contribution in [2.45, 2.75) is 51.5 Å². The summed E-state index contributed by atoms with van der Waals surface area (Å²) in [6, 6.07) is 11.8. The van der Waals surface area contributed by atoms with Gasteiger partial charge >= 0.3 is 6.03 Å². The summed E-state index contributed by atoms with van der Waals surface area (Å²) in [5, 5.41) is 3.52. The number of nitrogens with zero attached hydrogens (tertiary/aromatic N) is 3. The van der Waals surface area contributed by atoms with Crippen LogP contribution in [0.5, 0.6) is 0 Å². The average molecular weight is 565 g/mol. The highest BCUT2D eigenvalue weighted by Gasteiger charge is 2.63. The minimum absolute atomic E-state index is 0.177. The van der Waals surface area contributed by atoms with Gasteiger partial charge < -0.3 is 14.8 Å². The Balaban J connectivity index is 1.64. The van der Waals surface area contributed by atoms with Crippen molar-refractivity contribution >= 4 is 29.4 Å². The van der Waals surface area contributed by atoms with Crippen molar-refractivity contribution in [3.05, 3.63) is 93.7 Å². The summed E-state index contributed by atoms with van der Waals surface area (Å²) in [6.07, 6.45) is 1.65. The Hall–Kier alpha value is -3.69. The van der Waals surface area contributed by atoms with Crippen LogP contribution in [0.4, 0.5) is 9.18 Å². The fourth-order valence-corrected chi connectivity index (χ4v) is 6.32. The van der Waals surface area contributed by atoms with Crippen LogP contribution in [0.2, 0.25) is 5.02 Å². The van der Waals surface area contributed by atoms with E-state index in [9.17, 15) is 14.0 Å². The van der Waals surface area contributed by atoms with Gasteiger partial charge in [-0.3, -0.25) is 19.6 Å². The van der Waals surface area contributed by atoms with Crippen LogP contribution >= 0.6 is 11.6 Å². The zero-order valence-electron chi connectivity index (χ0n) is 22.9. The second kappa shape index (κ2) is 9.17. The first-order chi connectivity index (χ1) is 19.0. The van der Waals surface area contributed by atoms with E-state index in [2.05, 4.69) is 5.32 Å². The summed E-state index contributed by atoms with van der Waals surface area (Å²) in [4.78, 5) is 35.7. The number of amides is 3. The number of methoxy groups -OCH3 is 1. The summed E-state index contributed by atoms with van der Waals surface area (Å²) in [6.45, 7) is 7.44. The van der Waals surface area contributed by atoms with Crippen LogP contribution in [0.3, 0.4) is 0 Å². The molecule has 3 amide bonds. The number of hydrogen-bond acceptors (Lipinski definition) is 5. The summed E-state index contributed by atoms with van der Waals surface area (Å²) in [5.74, 6) is 0.280. The number of rotatable bonds is 5. The lowest BCUT2D eigenvalue weighted by molar-refractivity contribution is -0.123. The number of urea groups is 1. The van der Waals surface area contributed by atoms with Gasteiger partial charge in [0.2, 0.25) is 5.91 Å². The third kappa shape index (κ3) is 3.78. The molecule has 0 spiro atoms. The molecule has 40 heavy (non-hydrogen) atoms. The maximum Gasteiger partial charge on any atom is 0.330 e. The third-order valence-electron chi connectivity index (χ3n) is 8.08. The molecule has 0 radical (unpaired) electrons. The topological polar surface area (TPSA) is 83.5 Å². The lowest BCUT2D eigenvalue weighted by atomic mass is 9.71. The summed E-state index contributed by atoms with van der Waals surface area (Å²) >= 11 is 6.21. The molecule has 10 heteroatoms. The van der Waals surface area contributed by atoms with Crippen molar-refractivity contribution in [3.63, 3.8) is 0 Å². The van der Waals surface area contributed by atoms with Crippen molar-refractivity contribution in [3.8, 4) is 0 Å². The number of ether oxygens (including phenoxy) is 2. The fraction of sp³-hybridized carbons (Fsp3) is 0.367. The van der Waals surface area contributed by atoms with E-state index in [0.29, 0.717) is 33.6 Å². The molecule has 1 fully saturated rings. The van der Waals surface area contributed by atoms with Crippen LogP contribution in [0.15, 0.2) is 76.8 Å². The van der Waals surface area contributed by atoms with Gasteiger partial charge in [-0.25, -0.2) is 9.18 Å². The lowest BCUT2D eigenvalue weighted by Gasteiger charge is -2.54. The molecule has 6 rings (SSSR count). The Bertz CT molecular complexity index is 1520. The molecule has 208 valence electrons. The Kier molecular flexibility index (Phi) is 6.08. The summed E-state index contributed by atoms with van der Waals surface area (Å²) in [7, 11) is 1.55. The number of aliphatic imine (C=N–C) groups is 1. The monoisotopic (exact) mass is 564 g/mol. The van der Waals surface area contributed by atoms with Gasteiger partial charge in [0.1, 0.15) is 41.0 Å². The average Bonchev–Trinajstić information content (AvgIpc) is 3.32. The number of halogens is 2. The number of hydrogen-bond donors (Lipinski definition) is 1. The number of fused-ring (bicyclic) bond motifs is 2. The van der Waals surface area contributed by atoms with Gasteiger partial charge in [-0.2, -0.15) is 0 Å². The minimum Gasteiger partial charge on any atom is -0.494 e. The van der Waals surface area contributed by atoms with Crippen molar-refractivity contribution in [1.29, 1.82) is 0 Å². The molecule has 8 nitrogen and oxygen atoms in total. The zero-order chi connectivity index (χ0) is 28.6. The predicted molar refractivity (Wildman–Crippen MR) is 148 cm³/mol. The molecule has 1 N–H and O–H groups in total.